The smallest absolute Gasteiger partial charge is 0.241 e. The van der Waals surface area contributed by atoms with Crippen LogP contribution in [0.25, 0.3) is 11.1 Å². The predicted octanol–water partition coefficient (Wildman–Crippen LogP) is 8.57. The number of halogens is 4. The number of benzene rings is 1. The number of aromatic nitrogens is 2. The second-order valence-electron chi connectivity index (χ2n) is 9.52. The molecule has 0 saturated heterocycles. The first-order valence-electron chi connectivity index (χ1n) is 12.5. The third-order valence-corrected chi connectivity index (χ3v) is 7.01. The van der Waals surface area contributed by atoms with Crippen molar-refractivity contribution in [2.24, 2.45) is 11.8 Å². The molecule has 33 heavy (non-hydrogen) atoms. The fourth-order valence-electron chi connectivity index (χ4n) is 5.05. The Kier molecular flexibility index (Phi) is 9.27. The Morgan fingerprint density at radius 2 is 1.48 bits per heavy atom. The van der Waals surface area contributed by atoms with Crippen molar-refractivity contribution in [2.75, 3.05) is 0 Å². The predicted molar refractivity (Wildman–Crippen MR) is 124 cm³/mol. The zero-order valence-electron chi connectivity index (χ0n) is 19.9. The van der Waals surface area contributed by atoms with Crippen LogP contribution in [0.15, 0.2) is 24.5 Å². The number of hydrogen-bond donors (Lipinski definition) is 0. The summed E-state index contributed by atoms with van der Waals surface area (Å²) < 4.78 is 56.7. The lowest BCUT2D eigenvalue weighted by atomic mass is 9.77. The lowest BCUT2D eigenvalue weighted by Crippen LogP contribution is -2.17. The third-order valence-electron chi connectivity index (χ3n) is 7.01. The maximum Gasteiger partial charge on any atom is 0.419 e. The summed E-state index contributed by atoms with van der Waals surface area (Å²) in [5, 5.41) is 0. The summed E-state index contributed by atoms with van der Waals surface area (Å²) in [5.74, 6) is 0.581. The van der Waals surface area contributed by atoms with Gasteiger partial charge >= 0.3 is 6.18 Å². The summed E-state index contributed by atoms with van der Waals surface area (Å²) in [7, 11) is 0. The molecule has 0 N–H and O–H groups in total. The van der Waals surface area contributed by atoms with Crippen LogP contribution in [0, 0.1) is 17.7 Å². The Bertz CT molecular complexity index is 869. The van der Waals surface area contributed by atoms with E-state index in [4.69, 9.17) is 0 Å². The fraction of sp³-hybridized carbons (Fsp3) is 0.630. The molecule has 0 unspecified atom stereocenters. The minimum Gasteiger partial charge on any atom is -0.241 e. The van der Waals surface area contributed by atoms with Crippen molar-refractivity contribution >= 4 is 0 Å². The summed E-state index contributed by atoms with van der Waals surface area (Å²) in [6.07, 6.45) is 10.1. The van der Waals surface area contributed by atoms with Gasteiger partial charge in [-0.2, -0.15) is 13.2 Å². The van der Waals surface area contributed by atoms with Gasteiger partial charge in [0, 0.05) is 29.9 Å². The second-order valence-corrected chi connectivity index (χ2v) is 9.52. The topological polar surface area (TPSA) is 25.8 Å². The van der Waals surface area contributed by atoms with Gasteiger partial charge in [-0.1, -0.05) is 77.3 Å². The zero-order chi connectivity index (χ0) is 23.8. The van der Waals surface area contributed by atoms with Gasteiger partial charge in [-0.3, -0.25) is 0 Å². The monoisotopic (exact) mass is 464 g/mol. The van der Waals surface area contributed by atoms with Crippen molar-refractivity contribution in [1.29, 1.82) is 0 Å². The third kappa shape index (κ3) is 7.00. The molecule has 0 atom stereocenters. The van der Waals surface area contributed by atoms with Gasteiger partial charge in [0.25, 0.3) is 0 Å². The van der Waals surface area contributed by atoms with Gasteiger partial charge in [0.05, 0.1) is 5.56 Å². The van der Waals surface area contributed by atoms with Crippen LogP contribution >= 0.6 is 0 Å². The van der Waals surface area contributed by atoms with Crippen LogP contribution in [0.1, 0.15) is 95.0 Å². The van der Waals surface area contributed by atoms with Crippen molar-refractivity contribution in [3.63, 3.8) is 0 Å². The molecule has 0 bridgehead atoms. The van der Waals surface area contributed by atoms with Crippen LogP contribution < -0.4 is 0 Å². The quantitative estimate of drug-likeness (QED) is 0.260. The lowest BCUT2D eigenvalue weighted by molar-refractivity contribution is -0.140. The lowest BCUT2D eigenvalue weighted by Gasteiger charge is -2.29. The summed E-state index contributed by atoms with van der Waals surface area (Å²) in [4.78, 5) is 8.34. The van der Waals surface area contributed by atoms with Gasteiger partial charge in [-0.05, 0) is 36.7 Å². The maximum atomic E-state index is 15.2. The summed E-state index contributed by atoms with van der Waals surface area (Å²) in [6, 6.07) is 2.89. The minimum absolute atomic E-state index is 0.0531. The average molecular weight is 465 g/mol. The average Bonchev–Trinajstić information content (AvgIpc) is 2.79. The van der Waals surface area contributed by atoms with E-state index in [2.05, 4.69) is 16.9 Å². The SMILES string of the molecule is CCCCCC1CCC(CCc2ccc(-c3cnc(CCC)nc3)c(F)c2C(F)(F)F)CC1. The molecule has 2 aromatic rings. The van der Waals surface area contributed by atoms with Crippen LogP contribution in [0.5, 0.6) is 0 Å². The molecule has 1 heterocycles. The van der Waals surface area contributed by atoms with E-state index >= 15 is 4.39 Å². The van der Waals surface area contributed by atoms with Gasteiger partial charge in [-0.15, -0.1) is 0 Å². The van der Waals surface area contributed by atoms with Crippen LogP contribution in [0.4, 0.5) is 17.6 Å². The molecule has 2 nitrogen and oxygen atoms in total. The molecular formula is C27H36F4N2. The van der Waals surface area contributed by atoms with E-state index in [1.54, 1.807) is 0 Å². The van der Waals surface area contributed by atoms with E-state index in [-0.39, 0.29) is 23.1 Å². The van der Waals surface area contributed by atoms with Gasteiger partial charge in [0.1, 0.15) is 11.6 Å². The molecule has 1 aromatic carbocycles. The number of nitrogens with zero attached hydrogens (tertiary/aromatic N) is 2. The molecule has 1 aromatic heterocycles. The molecule has 1 aliphatic carbocycles. The number of unbranched alkanes of at least 4 members (excludes halogenated alkanes) is 2. The Labute approximate surface area is 195 Å². The molecule has 1 fully saturated rings. The van der Waals surface area contributed by atoms with Crippen molar-refractivity contribution < 1.29 is 17.6 Å². The maximum absolute atomic E-state index is 15.2. The molecule has 1 aliphatic rings. The molecule has 1 saturated carbocycles. The summed E-state index contributed by atoms with van der Waals surface area (Å²) in [6.45, 7) is 4.20. The Morgan fingerprint density at radius 3 is 2.06 bits per heavy atom. The van der Waals surface area contributed by atoms with E-state index in [1.807, 2.05) is 6.92 Å². The first kappa shape index (κ1) is 25.6. The van der Waals surface area contributed by atoms with Gasteiger partial charge in [0.2, 0.25) is 0 Å². The van der Waals surface area contributed by atoms with Crippen LogP contribution in [-0.2, 0) is 19.0 Å². The largest absolute Gasteiger partial charge is 0.419 e. The molecule has 182 valence electrons. The Balaban J connectivity index is 1.69. The first-order chi connectivity index (χ1) is 15.8. The van der Waals surface area contributed by atoms with E-state index in [1.165, 1.54) is 63.1 Å². The number of rotatable bonds is 10. The molecule has 0 amide bonds. The fourth-order valence-corrected chi connectivity index (χ4v) is 5.05. The standard InChI is InChI=1S/C27H36F4N2/c1-3-5-6-8-19-9-11-20(12-10-19)13-14-21-15-16-23(26(28)25(21)27(29,30)31)22-17-32-24(7-4-2)33-18-22/h15-20H,3-14H2,1-2H3. The molecule has 0 radical (unpaired) electrons. The molecule has 3 rings (SSSR count). The van der Waals surface area contributed by atoms with E-state index < -0.39 is 17.6 Å². The number of hydrogen-bond acceptors (Lipinski definition) is 2. The molecule has 0 aliphatic heterocycles. The highest BCUT2D eigenvalue weighted by Crippen LogP contribution is 2.40. The van der Waals surface area contributed by atoms with Gasteiger partial charge < -0.3 is 0 Å². The minimum atomic E-state index is -4.74. The number of alkyl halides is 3. The second kappa shape index (κ2) is 11.9. The van der Waals surface area contributed by atoms with Crippen LogP contribution in [0.3, 0.4) is 0 Å². The Morgan fingerprint density at radius 1 is 0.848 bits per heavy atom. The van der Waals surface area contributed by atoms with Crippen LogP contribution in [0.2, 0.25) is 0 Å². The highest BCUT2D eigenvalue weighted by molar-refractivity contribution is 5.64. The van der Waals surface area contributed by atoms with Gasteiger partial charge in [0.15, 0.2) is 0 Å². The van der Waals surface area contributed by atoms with E-state index in [0.717, 1.165) is 25.2 Å². The first-order valence-corrected chi connectivity index (χ1v) is 12.5. The zero-order valence-corrected chi connectivity index (χ0v) is 19.9. The molecular weight excluding hydrogens is 428 g/mol. The van der Waals surface area contributed by atoms with Crippen molar-refractivity contribution in [2.45, 2.75) is 97.1 Å². The van der Waals surface area contributed by atoms with Crippen molar-refractivity contribution in [3.8, 4) is 11.1 Å². The van der Waals surface area contributed by atoms with Crippen molar-refractivity contribution in [1.82, 2.24) is 9.97 Å². The highest BCUT2D eigenvalue weighted by atomic mass is 19.4. The van der Waals surface area contributed by atoms with E-state index in [9.17, 15) is 13.2 Å². The normalized spacial score (nSPS) is 19.1. The number of aryl methyl sites for hydroxylation is 2. The molecule has 0 spiro atoms. The summed E-state index contributed by atoms with van der Waals surface area (Å²) in [5.41, 5.74) is -0.907. The molecule has 6 heteroatoms. The van der Waals surface area contributed by atoms with Gasteiger partial charge in [-0.25, -0.2) is 14.4 Å². The van der Waals surface area contributed by atoms with E-state index in [0.29, 0.717) is 24.6 Å². The van der Waals surface area contributed by atoms with Crippen LogP contribution in [-0.4, -0.2) is 9.97 Å². The summed E-state index contributed by atoms with van der Waals surface area (Å²) >= 11 is 0. The Hall–Kier alpha value is -1.98. The van der Waals surface area contributed by atoms with Crippen molar-refractivity contribution in [3.05, 3.63) is 47.3 Å². The highest BCUT2D eigenvalue weighted by Gasteiger charge is 2.38.